The fraction of sp³-hybridized carbons (Fsp3) is 0.421. The molecular weight excluding hydrogens is 288 g/mol. The van der Waals surface area contributed by atoms with E-state index in [-0.39, 0.29) is 18.0 Å². The average Bonchev–Trinajstić information content (AvgIpc) is 3.07. The first-order valence-corrected chi connectivity index (χ1v) is 8.41. The molecular formula is C19H24N2O2. The van der Waals surface area contributed by atoms with E-state index in [0.29, 0.717) is 5.76 Å². The van der Waals surface area contributed by atoms with Crippen LogP contribution in [0.15, 0.2) is 40.8 Å². The Morgan fingerprint density at radius 3 is 2.48 bits per heavy atom. The topological polar surface area (TPSA) is 68.3 Å². The quantitative estimate of drug-likeness (QED) is 0.907. The van der Waals surface area contributed by atoms with Crippen LogP contribution in [0.3, 0.4) is 0 Å². The van der Waals surface area contributed by atoms with Gasteiger partial charge in [0.15, 0.2) is 5.76 Å². The van der Waals surface area contributed by atoms with Crippen LogP contribution in [0.4, 0.5) is 0 Å². The van der Waals surface area contributed by atoms with Crippen molar-refractivity contribution in [2.75, 3.05) is 0 Å². The number of aryl methyl sites for hydroxylation is 1. The number of rotatable bonds is 4. The molecule has 0 spiro atoms. The molecule has 0 aliphatic heterocycles. The zero-order valence-electron chi connectivity index (χ0n) is 13.5. The first-order valence-electron chi connectivity index (χ1n) is 8.41. The fourth-order valence-electron chi connectivity index (χ4n) is 3.04. The van der Waals surface area contributed by atoms with Crippen LogP contribution in [-0.2, 0) is 6.42 Å². The van der Waals surface area contributed by atoms with Crippen LogP contribution in [0, 0.1) is 0 Å². The molecule has 2 aromatic rings. The van der Waals surface area contributed by atoms with Crippen LogP contribution in [-0.4, -0.2) is 18.0 Å². The first kappa shape index (κ1) is 15.8. The summed E-state index contributed by atoms with van der Waals surface area (Å²) < 4.78 is 5.73. The number of benzene rings is 1. The van der Waals surface area contributed by atoms with E-state index < -0.39 is 0 Å². The summed E-state index contributed by atoms with van der Waals surface area (Å²) >= 11 is 0. The van der Waals surface area contributed by atoms with Gasteiger partial charge in [-0.15, -0.1) is 0 Å². The molecule has 122 valence electrons. The van der Waals surface area contributed by atoms with Crippen LogP contribution in [0.2, 0.25) is 0 Å². The van der Waals surface area contributed by atoms with E-state index in [2.05, 4.69) is 24.4 Å². The van der Waals surface area contributed by atoms with E-state index in [1.807, 2.05) is 18.2 Å². The van der Waals surface area contributed by atoms with Crippen molar-refractivity contribution in [1.29, 1.82) is 0 Å². The van der Waals surface area contributed by atoms with Crippen LogP contribution in [0.5, 0.6) is 0 Å². The highest BCUT2D eigenvalue weighted by molar-refractivity contribution is 5.92. The van der Waals surface area contributed by atoms with Crippen molar-refractivity contribution in [3.05, 3.63) is 47.7 Å². The molecule has 1 aromatic heterocycles. The summed E-state index contributed by atoms with van der Waals surface area (Å²) in [5.41, 5.74) is 8.17. The number of hydrogen-bond donors (Lipinski definition) is 2. The Morgan fingerprint density at radius 1 is 1.13 bits per heavy atom. The third kappa shape index (κ3) is 3.82. The minimum absolute atomic E-state index is 0.137. The summed E-state index contributed by atoms with van der Waals surface area (Å²) in [6, 6.07) is 12.3. The van der Waals surface area contributed by atoms with Gasteiger partial charge in [0.05, 0.1) is 0 Å². The largest absolute Gasteiger partial charge is 0.451 e. The lowest BCUT2D eigenvalue weighted by atomic mass is 9.92. The molecule has 4 heteroatoms. The van der Waals surface area contributed by atoms with Gasteiger partial charge in [-0.25, -0.2) is 0 Å². The minimum Gasteiger partial charge on any atom is -0.451 e. The number of carbonyl (C=O) groups excluding carboxylic acids is 1. The Morgan fingerprint density at radius 2 is 1.83 bits per heavy atom. The van der Waals surface area contributed by atoms with E-state index in [9.17, 15) is 4.79 Å². The van der Waals surface area contributed by atoms with E-state index in [0.717, 1.165) is 43.4 Å². The van der Waals surface area contributed by atoms with E-state index in [4.69, 9.17) is 10.2 Å². The number of furan rings is 1. The lowest BCUT2D eigenvalue weighted by molar-refractivity contribution is 0.0898. The summed E-state index contributed by atoms with van der Waals surface area (Å²) in [6.45, 7) is 2.13. The molecule has 0 saturated heterocycles. The van der Waals surface area contributed by atoms with Crippen LogP contribution < -0.4 is 11.1 Å². The second-order valence-corrected chi connectivity index (χ2v) is 6.30. The first-order chi connectivity index (χ1) is 11.2. The second kappa shape index (κ2) is 7.01. The van der Waals surface area contributed by atoms with Gasteiger partial charge in [0.1, 0.15) is 5.76 Å². The summed E-state index contributed by atoms with van der Waals surface area (Å²) in [5.74, 6) is 0.958. The Labute approximate surface area is 137 Å². The third-order valence-electron chi connectivity index (χ3n) is 4.58. The van der Waals surface area contributed by atoms with Gasteiger partial charge in [0.2, 0.25) is 0 Å². The molecule has 1 aliphatic carbocycles. The maximum Gasteiger partial charge on any atom is 0.287 e. The Bertz CT molecular complexity index is 652. The molecule has 1 aliphatic rings. The van der Waals surface area contributed by atoms with Gasteiger partial charge in [0, 0.05) is 17.6 Å². The maximum atomic E-state index is 12.3. The van der Waals surface area contributed by atoms with Crippen molar-refractivity contribution in [3.63, 3.8) is 0 Å². The third-order valence-corrected chi connectivity index (χ3v) is 4.58. The standard InChI is InChI=1S/C19H24N2O2/c1-2-13-3-5-14(6-4-13)17-11-12-18(23-17)19(22)21-16-9-7-15(20)8-10-16/h3-6,11-12,15-16H,2,7-10,20H2,1H3,(H,21,22). The normalized spacial score (nSPS) is 21.1. The summed E-state index contributed by atoms with van der Waals surface area (Å²) in [6.07, 6.45) is 4.84. The monoisotopic (exact) mass is 312 g/mol. The second-order valence-electron chi connectivity index (χ2n) is 6.30. The molecule has 23 heavy (non-hydrogen) atoms. The van der Waals surface area contributed by atoms with Crippen molar-refractivity contribution < 1.29 is 9.21 Å². The SMILES string of the molecule is CCc1ccc(-c2ccc(C(=O)NC3CCC(N)CC3)o2)cc1. The minimum atomic E-state index is -0.137. The smallest absolute Gasteiger partial charge is 0.287 e. The van der Waals surface area contributed by atoms with E-state index >= 15 is 0 Å². The van der Waals surface area contributed by atoms with Gasteiger partial charge in [0.25, 0.3) is 5.91 Å². The van der Waals surface area contributed by atoms with Gasteiger partial charge in [-0.2, -0.15) is 0 Å². The maximum absolute atomic E-state index is 12.3. The molecule has 1 amide bonds. The number of nitrogens with one attached hydrogen (secondary N) is 1. The average molecular weight is 312 g/mol. The lowest BCUT2D eigenvalue weighted by Gasteiger charge is -2.26. The van der Waals surface area contributed by atoms with Crippen LogP contribution in [0.1, 0.15) is 48.7 Å². The summed E-state index contributed by atoms with van der Waals surface area (Å²) in [5, 5.41) is 3.05. The van der Waals surface area contributed by atoms with Crippen molar-refractivity contribution in [1.82, 2.24) is 5.32 Å². The Hall–Kier alpha value is -2.07. The number of carbonyl (C=O) groups is 1. The van der Waals surface area contributed by atoms with Crippen molar-refractivity contribution in [3.8, 4) is 11.3 Å². The molecule has 0 unspecified atom stereocenters. The molecule has 3 N–H and O–H groups in total. The molecule has 0 bridgehead atoms. The molecule has 1 fully saturated rings. The summed E-state index contributed by atoms with van der Waals surface area (Å²) in [4.78, 5) is 12.3. The highest BCUT2D eigenvalue weighted by Gasteiger charge is 2.22. The molecule has 1 heterocycles. The zero-order valence-corrected chi connectivity index (χ0v) is 13.5. The number of amides is 1. The molecule has 0 atom stereocenters. The van der Waals surface area contributed by atoms with Gasteiger partial charge in [-0.05, 0) is 49.8 Å². The lowest BCUT2D eigenvalue weighted by Crippen LogP contribution is -2.40. The van der Waals surface area contributed by atoms with Crippen molar-refractivity contribution in [2.45, 2.75) is 51.1 Å². The number of nitrogens with two attached hydrogens (primary N) is 1. The Balaban J connectivity index is 1.64. The molecule has 4 nitrogen and oxygen atoms in total. The summed E-state index contributed by atoms with van der Waals surface area (Å²) in [7, 11) is 0. The van der Waals surface area contributed by atoms with Crippen LogP contribution >= 0.6 is 0 Å². The predicted molar refractivity (Wildman–Crippen MR) is 91.2 cm³/mol. The predicted octanol–water partition coefficient (Wildman–Crippen LogP) is 3.51. The highest BCUT2D eigenvalue weighted by atomic mass is 16.3. The van der Waals surface area contributed by atoms with Gasteiger partial charge in [-0.1, -0.05) is 31.2 Å². The zero-order chi connectivity index (χ0) is 16.2. The number of hydrogen-bond acceptors (Lipinski definition) is 3. The van der Waals surface area contributed by atoms with Crippen molar-refractivity contribution in [2.24, 2.45) is 5.73 Å². The Kier molecular flexibility index (Phi) is 4.82. The van der Waals surface area contributed by atoms with Crippen LogP contribution in [0.25, 0.3) is 11.3 Å². The molecule has 1 aromatic carbocycles. The highest BCUT2D eigenvalue weighted by Crippen LogP contribution is 2.23. The van der Waals surface area contributed by atoms with Gasteiger partial charge < -0.3 is 15.5 Å². The molecule has 3 rings (SSSR count). The van der Waals surface area contributed by atoms with Gasteiger partial charge in [-0.3, -0.25) is 4.79 Å². The van der Waals surface area contributed by atoms with Gasteiger partial charge >= 0.3 is 0 Å². The van der Waals surface area contributed by atoms with Crippen molar-refractivity contribution >= 4 is 5.91 Å². The molecule has 1 saturated carbocycles. The van der Waals surface area contributed by atoms with E-state index in [1.54, 1.807) is 6.07 Å². The van der Waals surface area contributed by atoms with E-state index in [1.165, 1.54) is 5.56 Å². The molecule has 0 radical (unpaired) electrons. The fourth-order valence-corrected chi connectivity index (χ4v) is 3.04.